The predicted molar refractivity (Wildman–Crippen MR) is 157 cm³/mol. The molecule has 1 aromatic heterocycles. The lowest BCUT2D eigenvalue weighted by Crippen LogP contribution is -2.39. The number of hydrogen-bond donors (Lipinski definition) is 1. The van der Waals surface area contributed by atoms with E-state index in [1.165, 1.54) is 0 Å². The molecule has 0 bridgehead atoms. The average Bonchev–Trinajstić information content (AvgIpc) is 3.67. The largest absolute Gasteiger partial charge is 0.392 e. The van der Waals surface area contributed by atoms with Crippen LogP contribution in [0, 0.1) is 0 Å². The molecule has 0 radical (unpaired) electrons. The van der Waals surface area contributed by atoms with E-state index in [-0.39, 0.29) is 18.6 Å². The van der Waals surface area contributed by atoms with Gasteiger partial charge in [-0.1, -0.05) is 101 Å². The van der Waals surface area contributed by atoms with Crippen molar-refractivity contribution in [2.75, 3.05) is 11.4 Å². The van der Waals surface area contributed by atoms with Crippen LogP contribution < -0.4 is 4.90 Å². The van der Waals surface area contributed by atoms with Crippen molar-refractivity contribution in [2.24, 2.45) is 5.16 Å². The van der Waals surface area contributed by atoms with Crippen molar-refractivity contribution in [3.05, 3.63) is 125 Å². The number of aliphatic hydroxyl groups excluding tert-OH is 1. The smallest absolute Gasteiger partial charge is 0.259 e. The molecule has 8 nitrogen and oxygen atoms in total. The van der Waals surface area contributed by atoms with Crippen molar-refractivity contribution in [3.8, 4) is 22.5 Å². The summed E-state index contributed by atoms with van der Waals surface area (Å²) in [7, 11) is 0. The fraction of sp³-hybridized carbons (Fsp3) is 0.152. The third-order valence-electron chi connectivity index (χ3n) is 7.61. The monoisotopic (exact) mass is 541 g/mol. The highest BCUT2D eigenvalue weighted by atomic mass is 16.6. The van der Waals surface area contributed by atoms with Gasteiger partial charge >= 0.3 is 0 Å². The van der Waals surface area contributed by atoms with Crippen molar-refractivity contribution < 1.29 is 14.7 Å². The Bertz CT molecular complexity index is 1760. The van der Waals surface area contributed by atoms with Crippen molar-refractivity contribution in [1.82, 2.24) is 15.0 Å². The van der Waals surface area contributed by atoms with Gasteiger partial charge in [0, 0.05) is 23.1 Å². The third-order valence-corrected chi connectivity index (χ3v) is 7.61. The molecular formula is C33H27N5O3. The Hall–Kier alpha value is -5.08. The maximum Gasteiger partial charge on any atom is 0.259 e. The topological polar surface area (TPSA) is 92.8 Å². The lowest BCUT2D eigenvalue weighted by atomic mass is 9.94. The van der Waals surface area contributed by atoms with Crippen molar-refractivity contribution in [1.29, 1.82) is 0 Å². The van der Waals surface area contributed by atoms with Crippen molar-refractivity contribution in [2.45, 2.75) is 25.7 Å². The van der Waals surface area contributed by atoms with E-state index >= 15 is 0 Å². The van der Waals surface area contributed by atoms with Crippen LogP contribution in [0.3, 0.4) is 0 Å². The molecule has 8 heteroatoms. The first-order valence-electron chi connectivity index (χ1n) is 13.6. The number of anilines is 1. The Kier molecular flexibility index (Phi) is 6.37. The van der Waals surface area contributed by atoms with E-state index in [4.69, 9.17) is 4.84 Å². The quantitative estimate of drug-likeness (QED) is 0.315. The number of fused-ring (bicyclic) bond motifs is 5. The molecule has 1 amide bonds. The lowest BCUT2D eigenvalue weighted by Gasteiger charge is -2.29. The molecule has 1 atom stereocenters. The Labute approximate surface area is 237 Å². The zero-order chi connectivity index (χ0) is 27.8. The molecule has 1 unspecified atom stereocenters. The van der Waals surface area contributed by atoms with Crippen LogP contribution in [0.2, 0.25) is 0 Å². The van der Waals surface area contributed by atoms with E-state index in [0.717, 1.165) is 44.9 Å². The summed E-state index contributed by atoms with van der Waals surface area (Å²) in [5, 5.41) is 22.9. The number of rotatable bonds is 6. The van der Waals surface area contributed by atoms with Crippen LogP contribution in [0.25, 0.3) is 22.5 Å². The molecule has 1 N–H and O–H groups in total. The zero-order valence-corrected chi connectivity index (χ0v) is 22.2. The van der Waals surface area contributed by atoms with Gasteiger partial charge in [0.2, 0.25) is 0 Å². The molecule has 0 fully saturated rings. The standard InChI is InChI=1S/C33H27N5O3/c39-21-23-14-16-24(17-15-23)29-18-25(41-35-29)20-37-30-13-7-6-12-28(30)32-31(26-10-4-5-11-27(26)33(37)40)34-36-38(32)19-22-8-2-1-3-9-22/h1-17,25,39H,18-21H2. The van der Waals surface area contributed by atoms with Crippen LogP contribution >= 0.6 is 0 Å². The summed E-state index contributed by atoms with van der Waals surface area (Å²) < 4.78 is 1.91. The molecule has 5 aromatic rings. The Morgan fingerprint density at radius 3 is 2.29 bits per heavy atom. The number of aromatic nitrogens is 3. The molecule has 2 aliphatic rings. The maximum atomic E-state index is 14.2. The van der Waals surface area contributed by atoms with E-state index in [1.807, 2.05) is 95.7 Å². The van der Waals surface area contributed by atoms with Gasteiger partial charge in [-0.3, -0.25) is 4.79 Å². The molecule has 4 aromatic carbocycles. The van der Waals surface area contributed by atoms with Gasteiger partial charge in [-0.25, -0.2) is 4.68 Å². The lowest BCUT2D eigenvalue weighted by molar-refractivity contribution is 0.0818. The number of aliphatic hydroxyl groups is 1. The van der Waals surface area contributed by atoms with Crippen LogP contribution in [-0.2, 0) is 18.0 Å². The Balaban J connectivity index is 1.28. The summed E-state index contributed by atoms with van der Waals surface area (Å²) in [6, 6.07) is 33.3. The normalized spacial score (nSPS) is 15.7. The van der Waals surface area contributed by atoms with Gasteiger partial charge in [0.15, 0.2) is 6.10 Å². The minimum absolute atomic E-state index is 0.00861. The highest BCUT2D eigenvalue weighted by Crippen LogP contribution is 2.41. The summed E-state index contributed by atoms with van der Waals surface area (Å²) in [4.78, 5) is 21.9. The molecule has 7 rings (SSSR count). The van der Waals surface area contributed by atoms with Gasteiger partial charge in [0.25, 0.3) is 5.91 Å². The number of hydrogen-bond acceptors (Lipinski definition) is 6. The van der Waals surface area contributed by atoms with Crippen LogP contribution in [0.5, 0.6) is 0 Å². The third kappa shape index (κ3) is 4.58. The summed E-state index contributed by atoms with van der Waals surface area (Å²) in [6.07, 6.45) is 0.239. The molecule has 0 saturated carbocycles. The van der Waals surface area contributed by atoms with Crippen molar-refractivity contribution in [3.63, 3.8) is 0 Å². The highest BCUT2D eigenvalue weighted by Gasteiger charge is 2.34. The summed E-state index contributed by atoms with van der Waals surface area (Å²) in [6.45, 7) is 0.860. The molecule has 0 spiro atoms. The SMILES string of the molecule is O=C1c2ccccc2-c2nnn(Cc3ccccc3)c2-c2ccccc2N1CC1CC(c2ccc(CO)cc2)=NO1. The number of benzene rings is 4. The van der Waals surface area contributed by atoms with E-state index in [1.54, 1.807) is 4.90 Å². The van der Waals surface area contributed by atoms with Gasteiger partial charge in [-0.05, 0) is 28.8 Å². The minimum Gasteiger partial charge on any atom is -0.392 e. The molecule has 202 valence electrons. The first-order chi connectivity index (χ1) is 20.2. The van der Waals surface area contributed by atoms with Gasteiger partial charge in [-0.15, -0.1) is 5.10 Å². The number of para-hydroxylation sites is 1. The summed E-state index contributed by atoms with van der Waals surface area (Å²) in [5.41, 5.74) is 8.22. The molecule has 3 heterocycles. The fourth-order valence-corrected chi connectivity index (χ4v) is 5.55. The zero-order valence-electron chi connectivity index (χ0n) is 22.2. The second kappa shape index (κ2) is 10.5. The highest BCUT2D eigenvalue weighted by molar-refractivity contribution is 6.14. The van der Waals surface area contributed by atoms with E-state index in [0.29, 0.717) is 30.8 Å². The number of carbonyl (C=O) groups excluding carboxylic acids is 1. The van der Waals surface area contributed by atoms with E-state index < -0.39 is 0 Å². The number of amides is 1. The van der Waals surface area contributed by atoms with Gasteiger partial charge in [0.05, 0.1) is 36.8 Å². The second-order valence-electron chi connectivity index (χ2n) is 10.2. The van der Waals surface area contributed by atoms with Gasteiger partial charge in [0.1, 0.15) is 5.69 Å². The molecule has 2 aliphatic heterocycles. The maximum absolute atomic E-state index is 14.2. The summed E-state index contributed by atoms with van der Waals surface area (Å²) >= 11 is 0. The van der Waals surface area contributed by atoms with Crippen LogP contribution in [0.4, 0.5) is 5.69 Å². The van der Waals surface area contributed by atoms with Crippen LogP contribution in [0.1, 0.15) is 33.5 Å². The second-order valence-corrected chi connectivity index (χ2v) is 10.2. The molecule has 0 aliphatic carbocycles. The molecule has 41 heavy (non-hydrogen) atoms. The fourth-order valence-electron chi connectivity index (χ4n) is 5.55. The van der Waals surface area contributed by atoms with Gasteiger partial charge < -0.3 is 14.8 Å². The predicted octanol–water partition coefficient (Wildman–Crippen LogP) is 5.31. The number of carbonyl (C=O) groups is 1. The minimum atomic E-state index is -0.321. The van der Waals surface area contributed by atoms with Gasteiger partial charge in [-0.2, -0.15) is 0 Å². The van der Waals surface area contributed by atoms with E-state index in [9.17, 15) is 9.90 Å². The first kappa shape index (κ1) is 24.9. The van der Waals surface area contributed by atoms with Crippen LogP contribution in [-0.4, -0.2) is 44.4 Å². The molecular weight excluding hydrogens is 514 g/mol. The number of nitrogens with zero attached hydrogens (tertiary/aromatic N) is 5. The van der Waals surface area contributed by atoms with Crippen molar-refractivity contribution >= 4 is 17.3 Å². The molecule has 0 saturated heterocycles. The van der Waals surface area contributed by atoms with E-state index in [2.05, 4.69) is 27.6 Å². The Morgan fingerprint density at radius 2 is 1.51 bits per heavy atom. The van der Waals surface area contributed by atoms with Crippen LogP contribution in [0.15, 0.2) is 108 Å². The Morgan fingerprint density at radius 1 is 0.805 bits per heavy atom. The first-order valence-corrected chi connectivity index (χ1v) is 13.6. The average molecular weight is 542 g/mol. The number of oxime groups is 1. The summed E-state index contributed by atoms with van der Waals surface area (Å²) in [5.74, 6) is -0.124.